The number of amides is 4. The maximum Gasteiger partial charge on any atom is 0.409 e. The molecule has 1 atom stereocenters. The Bertz CT molecular complexity index is 1550. The van der Waals surface area contributed by atoms with E-state index in [1.54, 1.807) is 42.3 Å². The fourth-order valence-electron chi connectivity index (χ4n) is 5.15. The summed E-state index contributed by atoms with van der Waals surface area (Å²) in [7, 11) is 0. The van der Waals surface area contributed by atoms with Gasteiger partial charge in [0.1, 0.15) is 17.5 Å². The van der Waals surface area contributed by atoms with Crippen molar-refractivity contribution in [2.75, 3.05) is 39.4 Å². The lowest BCUT2D eigenvalue weighted by molar-refractivity contribution is -0.138. The summed E-state index contributed by atoms with van der Waals surface area (Å²) in [6, 6.07) is 7.22. The minimum atomic E-state index is -1.14. The van der Waals surface area contributed by atoms with Crippen LogP contribution in [0.1, 0.15) is 41.5 Å². The Labute approximate surface area is 252 Å². The number of carbonyl (C=O) groups is 5. The number of para-hydroxylation sites is 1. The lowest BCUT2D eigenvalue weighted by Crippen LogP contribution is -2.56. The van der Waals surface area contributed by atoms with Gasteiger partial charge < -0.3 is 34.6 Å². The predicted octanol–water partition coefficient (Wildman–Crippen LogP) is 1.14. The summed E-state index contributed by atoms with van der Waals surface area (Å²) in [5, 5.41) is 19.4. The molecule has 3 N–H and O–H groups in total. The molecule has 1 fully saturated rings. The van der Waals surface area contributed by atoms with Gasteiger partial charge in [-0.3, -0.25) is 24.3 Å². The molecule has 4 heterocycles. The second kappa shape index (κ2) is 13.4. The van der Waals surface area contributed by atoms with Crippen LogP contribution < -0.4 is 10.1 Å². The number of hydrogen-bond donors (Lipinski definition) is 3. The fraction of sp³-hybridized carbons (Fsp3) is 0.414. The lowest BCUT2D eigenvalue weighted by Gasteiger charge is -2.35. The molecule has 0 spiro atoms. The third kappa shape index (κ3) is 6.88. The largest absolute Gasteiger partial charge is 0.483 e. The van der Waals surface area contributed by atoms with E-state index in [4.69, 9.17) is 9.47 Å². The Hall–Kier alpha value is -5.21. The number of fused-ring (bicyclic) bond motifs is 2. The molecular formula is C29H33N7O8. The molecule has 1 aromatic carbocycles. The number of rotatable bonds is 10. The monoisotopic (exact) mass is 607 g/mol. The van der Waals surface area contributed by atoms with Crippen LogP contribution in [0.5, 0.6) is 5.75 Å². The van der Waals surface area contributed by atoms with Crippen LogP contribution in [0.15, 0.2) is 36.5 Å². The van der Waals surface area contributed by atoms with Crippen molar-refractivity contribution >= 4 is 40.7 Å². The predicted molar refractivity (Wildman–Crippen MR) is 153 cm³/mol. The topological polar surface area (TPSA) is 187 Å². The van der Waals surface area contributed by atoms with Crippen molar-refractivity contribution in [2.24, 2.45) is 0 Å². The van der Waals surface area contributed by atoms with Crippen molar-refractivity contribution in [1.82, 2.24) is 35.2 Å². The molecule has 3 aromatic rings. The number of hydrogen-bond acceptors (Lipinski definition) is 9. The highest BCUT2D eigenvalue weighted by atomic mass is 16.6. The van der Waals surface area contributed by atoms with Gasteiger partial charge in [-0.05, 0) is 25.5 Å². The van der Waals surface area contributed by atoms with E-state index in [9.17, 15) is 29.1 Å². The van der Waals surface area contributed by atoms with Gasteiger partial charge in [0.15, 0.2) is 6.61 Å². The number of carboxylic acids is 1. The standard InChI is InChI=1S/C29H33N7O8/c1-2-43-29(42)35-11-9-34(10-12-35)28(41)21(7-8-26(38)39)32-27(40)22-13-24(19-5-3-4-6-20(19)31-22)44-17-25(37)36-15-18-14-30-33-23(18)16-36/h3-6,13-14,21H,2,7-12,15-17H2,1H3,(H,30,33)(H,32,40)(H,38,39). The maximum atomic E-state index is 13.4. The number of carboxylic acid groups (broad SMARTS) is 1. The number of H-pyrrole nitrogens is 1. The Morgan fingerprint density at radius 2 is 1.80 bits per heavy atom. The number of carbonyl (C=O) groups excluding carboxylic acids is 4. The van der Waals surface area contributed by atoms with Gasteiger partial charge in [0, 0.05) is 56.2 Å². The van der Waals surface area contributed by atoms with Crippen molar-refractivity contribution in [3.8, 4) is 5.75 Å². The van der Waals surface area contributed by atoms with Gasteiger partial charge in [-0.15, -0.1) is 0 Å². The van der Waals surface area contributed by atoms with Gasteiger partial charge in [-0.2, -0.15) is 5.10 Å². The highest BCUT2D eigenvalue weighted by Crippen LogP contribution is 2.26. The van der Waals surface area contributed by atoms with Crippen LogP contribution in [0, 0.1) is 0 Å². The second-order valence-electron chi connectivity index (χ2n) is 10.4. The van der Waals surface area contributed by atoms with Crippen LogP contribution in [-0.4, -0.2) is 110 Å². The van der Waals surface area contributed by atoms with Gasteiger partial charge in [-0.25, -0.2) is 9.78 Å². The summed E-state index contributed by atoms with van der Waals surface area (Å²) in [5.41, 5.74) is 2.20. The molecule has 2 aliphatic heterocycles. The number of nitrogens with one attached hydrogen (secondary N) is 2. The number of aliphatic carboxylic acids is 1. The smallest absolute Gasteiger partial charge is 0.409 e. The van der Waals surface area contributed by atoms with Crippen molar-refractivity contribution in [3.05, 3.63) is 53.5 Å². The summed E-state index contributed by atoms with van der Waals surface area (Å²) < 4.78 is 10.9. The average molecular weight is 608 g/mol. The third-order valence-electron chi connectivity index (χ3n) is 7.50. The summed E-state index contributed by atoms with van der Waals surface area (Å²) in [6.07, 6.45) is 0.723. The first-order valence-electron chi connectivity index (χ1n) is 14.3. The van der Waals surface area contributed by atoms with Crippen LogP contribution in [0.2, 0.25) is 0 Å². The highest BCUT2D eigenvalue weighted by Gasteiger charge is 2.31. The number of piperazine rings is 1. The SMILES string of the molecule is CCOC(=O)N1CCN(C(=O)C(CCC(=O)O)NC(=O)c2cc(OCC(=O)N3Cc4cn[nH]c4C3)c3ccccc3n2)CC1. The molecule has 44 heavy (non-hydrogen) atoms. The number of benzene rings is 1. The van der Waals surface area contributed by atoms with Crippen molar-refractivity contribution < 1.29 is 38.6 Å². The second-order valence-corrected chi connectivity index (χ2v) is 10.4. The van der Waals surface area contributed by atoms with Gasteiger partial charge in [0.05, 0.1) is 30.6 Å². The maximum absolute atomic E-state index is 13.4. The normalized spacial score (nSPS) is 15.1. The Morgan fingerprint density at radius 3 is 2.52 bits per heavy atom. The number of aromatic nitrogens is 3. The van der Waals surface area contributed by atoms with E-state index in [1.807, 2.05) is 0 Å². The first-order valence-corrected chi connectivity index (χ1v) is 14.3. The zero-order valence-corrected chi connectivity index (χ0v) is 24.2. The molecule has 4 amide bonds. The van der Waals surface area contributed by atoms with E-state index in [2.05, 4.69) is 20.5 Å². The van der Waals surface area contributed by atoms with E-state index in [1.165, 1.54) is 15.9 Å². The molecule has 5 rings (SSSR count). The molecule has 232 valence electrons. The Morgan fingerprint density at radius 1 is 1.05 bits per heavy atom. The molecule has 0 aliphatic carbocycles. The first-order chi connectivity index (χ1) is 21.2. The van der Waals surface area contributed by atoms with Gasteiger partial charge in [-0.1, -0.05) is 12.1 Å². The molecule has 0 saturated carbocycles. The number of aromatic amines is 1. The minimum absolute atomic E-state index is 0.0615. The molecule has 1 saturated heterocycles. The molecule has 2 aromatic heterocycles. The first kappa shape index (κ1) is 30.3. The summed E-state index contributed by atoms with van der Waals surface area (Å²) in [4.78, 5) is 72.1. The summed E-state index contributed by atoms with van der Waals surface area (Å²) >= 11 is 0. The van der Waals surface area contributed by atoms with Crippen molar-refractivity contribution in [2.45, 2.75) is 38.9 Å². The molecular weight excluding hydrogens is 574 g/mol. The van der Waals surface area contributed by atoms with Crippen molar-refractivity contribution in [3.63, 3.8) is 0 Å². The molecule has 15 nitrogen and oxygen atoms in total. The number of ether oxygens (including phenoxy) is 2. The van der Waals surface area contributed by atoms with E-state index in [0.29, 0.717) is 24.0 Å². The van der Waals surface area contributed by atoms with Gasteiger partial charge in [0.25, 0.3) is 11.8 Å². The molecule has 1 unspecified atom stereocenters. The molecule has 0 radical (unpaired) electrons. The Kier molecular flexibility index (Phi) is 9.21. The van der Waals surface area contributed by atoms with Crippen LogP contribution in [0.4, 0.5) is 4.79 Å². The molecule has 0 bridgehead atoms. The van der Waals surface area contributed by atoms with Gasteiger partial charge in [0.2, 0.25) is 5.91 Å². The lowest BCUT2D eigenvalue weighted by atomic mass is 10.1. The summed E-state index contributed by atoms with van der Waals surface area (Å²) in [5.74, 6) is -2.27. The van der Waals surface area contributed by atoms with Gasteiger partial charge >= 0.3 is 12.1 Å². The molecule has 15 heteroatoms. The average Bonchev–Trinajstić information content (AvgIpc) is 3.64. The van der Waals surface area contributed by atoms with E-state index in [0.717, 1.165) is 11.3 Å². The highest BCUT2D eigenvalue weighted by molar-refractivity contribution is 5.99. The fourth-order valence-corrected chi connectivity index (χ4v) is 5.15. The number of nitrogens with zero attached hydrogens (tertiary/aromatic N) is 5. The van der Waals surface area contributed by atoms with E-state index >= 15 is 0 Å². The Balaban J connectivity index is 1.28. The minimum Gasteiger partial charge on any atom is -0.483 e. The third-order valence-corrected chi connectivity index (χ3v) is 7.50. The van der Waals surface area contributed by atoms with Crippen LogP contribution >= 0.6 is 0 Å². The van der Waals surface area contributed by atoms with Crippen LogP contribution in [0.3, 0.4) is 0 Å². The zero-order valence-electron chi connectivity index (χ0n) is 24.2. The molecule has 2 aliphatic rings. The van der Waals surface area contributed by atoms with E-state index < -0.39 is 29.9 Å². The zero-order chi connectivity index (χ0) is 31.2. The van der Waals surface area contributed by atoms with Crippen LogP contribution in [0.25, 0.3) is 10.9 Å². The quantitative estimate of drug-likeness (QED) is 0.302. The van der Waals surface area contributed by atoms with E-state index in [-0.39, 0.29) is 69.6 Å². The van der Waals surface area contributed by atoms with Crippen molar-refractivity contribution in [1.29, 1.82) is 0 Å². The number of pyridine rings is 1. The summed E-state index contributed by atoms with van der Waals surface area (Å²) in [6.45, 7) is 3.38. The van der Waals surface area contributed by atoms with Crippen LogP contribution in [-0.2, 0) is 32.2 Å².